The van der Waals surface area contributed by atoms with Gasteiger partial charge < -0.3 is 14.5 Å². The Morgan fingerprint density at radius 3 is 2.76 bits per heavy atom. The number of nitrogens with one attached hydrogen (secondary N) is 2. The monoisotopic (exact) mass is 355 g/mol. The van der Waals surface area contributed by atoms with Crippen LogP contribution in [0.25, 0.3) is 32.5 Å². The molecule has 4 rings (SSSR count). The van der Waals surface area contributed by atoms with E-state index in [1.807, 2.05) is 18.2 Å². The fourth-order valence-electron chi connectivity index (χ4n) is 2.63. The number of thiophene rings is 1. The number of nitrogens with zero attached hydrogens (tertiary/aromatic N) is 1. The minimum absolute atomic E-state index is 0.0228. The molecule has 0 amide bonds. The number of benzene rings is 1. The van der Waals surface area contributed by atoms with E-state index in [1.54, 1.807) is 19.1 Å². The average Bonchev–Trinajstić information content (AvgIpc) is 3.26. The largest absolute Gasteiger partial charge is 0.514 e. The maximum absolute atomic E-state index is 11.5. The molecule has 126 valence electrons. The summed E-state index contributed by atoms with van der Waals surface area (Å²) in [5.41, 5.74) is 3.88. The Kier molecular flexibility index (Phi) is 3.54. The number of hydrogen-bond acceptors (Lipinski definition) is 6. The molecular formula is C17H13N3O4S. The van der Waals surface area contributed by atoms with Crippen molar-refractivity contribution < 1.29 is 19.1 Å². The smallest absolute Gasteiger partial charge is 0.437 e. The van der Waals surface area contributed by atoms with E-state index in [-0.39, 0.29) is 5.78 Å². The van der Waals surface area contributed by atoms with Gasteiger partial charge in [0.2, 0.25) is 0 Å². The van der Waals surface area contributed by atoms with E-state index in [0.29, 0.717) is 10.6 Å². The van der Waals surface area contributed by atoms with E-state index < -0.39 is 6.16 Å². The minimum Gasteiger partial charge on any atom is -0.437 e. The highest BCUT2D eigenvalue weighted by molar-refractivity contribution is 7.21. The lowest BCUT2D eigenvalue weighted by molar-refractivity contribution is 0.101. The topological polar surface area (TPSA) is 97.1 Å². The fraction of sp³-hybridized carbons (Fsp3) is 0.118. The molecule has 0 bridgehead atoms. The van der Waals surface area contributed by atoms with E-state index in [0.717, 1.165) is 32.5 Å². The van der Waals surface area contributed by atoms with Crippen molar-refractivity contribution >= 4 is 44.4 Å². The van der Waals surface area contributed by atoms with Gasteiger partial charge in [0.15, 0.2) is 10.8 Å². The molecule has 0 aliphatic rings. The molecule has 0 aliphatic heterocycles. The molecule has 0 saturated heterocycles. The van der Waals surface area contributed by atoms with Crippen LogP contribution in [0.4, 0.5) is 4.79 Å². The summed E-state index contributed by atoms with van der Waals surface area (Å²) in [7, 11) is 1.26. The molecule has 0 spiro atoms. The molecular weight excluding hydrogens is 342 g/mol. The van der Waals surface area contributed by atoms with Gasteiger partial charge in [-0.3, -0.25) is 9.89 Å². The predicted molar refractivity (Wildman–Crippen MR) is 94.3 cm³/mol. The number of fused-ring (bicyclic) bond motifs is 2. The van der Waals surface area contributed by atoms with E-state index in [9.17, 15) is 9.59 Å². The van der Waals surface area contributed by atoms with Crippen LogP contribution >= 0.6 is 11.3 Å². The molecule has 0 atom stereocenters. The molecule has 0 aliphatic carbocycles. The van der Waals surface area contributed by atoms with Gasteiger partial charge in [0.1, 0.15) is 5.69 Å². The van der Waals surface area contributed by atoms with Crippen LogP contribution < -0.4 is 4.74 Å². The van der Waals surface area contributed by atoms with Crippen LogP contribution in [-0.4, -0.2) is 34.2 Å². The number of ether oxygens (including phenoxy) is 2. The van der Waals surface area contributed by atoms with Crippen molar-refractivity contribution in [1.82, 2.24) is 15.2 Å². The van der Waals surface area contributed by atoms with Gasteiger partial charge in [-0.1, -0.05) is 11.3 Å². The van der Waals surface area contributed by atoms with Gasteiger partial charge in [0.25, 0.3) is 0 Å². The van der Waals surface area contributed by atoms with Crippen molar-refractivity contribution in [3.63, 3.8) is 0 Å². The third-order valence-electron chi connectivity index (χ3n) is 3.85. The summed E-state index contributed by atoms with van der Waals surface area (Å²) in [5, 5.41) is 8.62. The molecule has 3 aromatic heterocycles. The Bertz CT molecular complexity index is 1120. The molecule has 0 fully saturated rings. The van der Waals surface area contributed by atoms with Gasteiger partial charge >= 0.3 is 6.16 Å². The summed E-state index contributed by atoms with van der Waals surface area (Å²) in [6.07, 6.45) is -0.763. The lowest BCUT2D eigenvalue weighted by atomic mass is 10.1. The molecule has 0 saturated carbocycles. The third-order valence-corrected chi connectivity index (χ3v) is 4.87. The predicted octanol–water partition coefficient (Wildman–Crippen LogP) is 4.12. The number of ketones is 1. The summed E-state index contributed by atoms with van der Waals surface area (Å²) >= 11 is 1.30. The zero-order valence-corrected chi connectivity index (χ0v) is 14.2. The molecule has 8 heteroatoms. The summed E-state index contributed by atoms with van der Waals surface area (Å²) < 4.78 is 10.4. The first-order valence-corrected chi connectivity index (χ1v) is 8.24. The van der Waals surface area contributed by atoms with E-state index in [2.05, 4.69) is 19.9 Å². The zero-order chi connectivity index (χ0) is 17.6. The number of hydrogen-bond donors (Lipinski definition) is 2. The van der Waals surface area contributed by atoms with Crippen LogP contribution in [-0.2, 0) is 4.74 Å². The second-order valence-corrected chi connectivity index (χ2v) is 6.49. The fourth-order valence-corrected chi connectivity index (χ4v) is 3.58. The van der Waals surface area contributed by atoms with Crippen LogP contribution in [0.1, 0.15) is 17.3 Å². The maximum Gasteiger partial charge on any atom is 0.514 e. The zero-order valence-electron chi connectivity index (χ0n) is 13.4. The van der Waals surface area contributed by atoms with Gasteiger partial charge in [-0.2, -0.15) is 5.10 Å². The Morgan fingerprint density at radius 1 is 1.16 bits per heavy atom. The van der Waals surface area contributed by atoms with Crippen molar-refractivity contribution in [3.05, 3.63) is 35.9 Å². The van der Waals surface area contributed by atoms with Crippen molar-refractivity contribution in [2.24, 2.45) is 0 Å². The summed E-state index contributed by atoms with van der Waals surface area (Å²) in [6, 6.07) is 9.15. The van der Waals surface area contributed by atoms with Crippen LogP contribution in [0.2, 0.25) is 0 Å². The van der Waals surface area contributed by atoms with Gasteiger partial charge in [-0.05, 0) is 31.2 Å². The minimum atomic E-state index is -0.763. The number of carbonyl (C=O) groups excluding carboxylic acids is 2. The number of rotatable bonds is 3. The SMILES string of the molecule is COC(=O)Oc1cc2[nH]nc(-c3cc4cc(C(C)=O)ccc4[nH]3)c2s1. The number of carbonyl (C=O) groups is 2. The number of aromatic nitrogens is 3. The molecule has 7 nitrogen and oxygen atoms in total. The number of aromatic amines is 2. The highest BCUT2D eigenvalue weighted by atomic mass is 32.1. The van der Waals surface area contributed by atoms with E-state index in [1.165, 1.54) is 18.4 Å². The van der Waals surface area contributed by atoms with Crippen molar-refractivity contribution in [1.29, 1.82) is 0 Å². The standard InChI is InChI=1S/C17H13N3O4S/c1-8(21)9-3-4-11-10(5-9)6-12(18-11)15-16-13(19-20-15)7-14(25-16)24-17(22)23-2/h3-7,18H,1-2H3,(H,19,20). The molecule has 25 heavy (non-hydrogen) atoms. The maximum atomic E-state index is 11.5. The van der Waals surface area contributed by atoms with Gasteiger partial charge in [0, 0.05) is 22.5 Å². The molecule has 4 aromatic rings. The number of Topliss-reactive ketones (excluding diaryl/α,β-unsaturated/α-hetero) is 1. The summed E-state index contributed by atoms with van der Waals surface area (Å²) in [4.78, 5) is 26.1. The van der Waals surface area contributed by atoms with Gasteiger partial charge in [-0.25, -0.2) is 4.79 Å². The van der Waals surface area contributed by atoms with Crippen LogP contribution in [0.5, 0.6) is 5.06 Å². The van der Waals surface area contributed by atoms with Crippen LogP contribution in [0.15, 0.2) is 30.3 Å². The summed E-state index contributed by atoms with van der Waals surface area (Å²) in [6.45, 7) is 1.54. The molecule has 2 N–H and O–H groups in total. The van der Waals surface area contributed by atoms with Crippen LogP contribution in [0, 0.1) is 0 Å². The number of methoxy groups -OCH3 is 1. The van der Waals surface area contributed by atoms with Crippen molar-refractivity contribution in [3.8, 4) is 16.5 Å². The lowest BCUT2D eigenvalue weighted by Crippen LogP contribution is -2.05. The van der Waals surface area contributed by atoms with Gasteiger partial charge in [0.05, 0.1) is 23.0 Å². The van der Waals surface area contributed by atoms with E-state index in [4.69, 9.17) is 4.74 Å². The van der Waals surface area contributed by atoms with Crippen molar-refractivity contribution in [2.75, 3.05) is 7.11 Å². The third kappa shape index (κ3) is 2.66. The number of H-pyrrole nitrogens is 2. The first kappa shape index (κ1) is 15.4. The Balaban J connectivity index is 1.77. The van der Waals surface area contributed by atoms with Crippen LogP contribution in [0.3, 0.4) is 0 Å². The normalized spacial score (nSPS) is 11.1. The lowest BCUT2D eigenvalue weighted by Gasteiger charge is -1.97. The molecule has 3 heterocycles. The quantitative estimate of drug-likeness (QED) is 0.425. The van der Waals surface area contributed by atoms with Gasteiger partial charge in [-0.15, -0.1) is 0 Å². The van der Waals surface area contributed by atoms with Crippen molar-refractivity contribution in [2.45, 2.75) is 6.92 Å². The first-order valence-electron chi connectivity index (χ1n) is 7.43. The first-order chi connectivity index (χ1) is 12.0. The Hall–Kier alpha value is -3.13. The average molecular weight is 355 g/mol. The summed E-state index contributed by atoms with van der Waals surface area (Å²) in [5.74, 6) is 0.0228. The highest BCUT2D eigenvalue weighted by Crippen LogP contribution is 2.37. The second-order valence-electron chi connectivity index (χ2n) is 5.48. The molecule has 0 unspecified atom stereocenters. The Labute approximate surface area is 145 Å². The molecule has 1 aromatic carbocycles. The van der Waals surface area contributed by atoms with E-state index >= 15 is 0 Å². The highest BCUT2D eigenvalue weighted by Gasteiger charge is 2.16. The second kappa shape index (κ2) is 5.75. The Morgan fingerprint density at radius 2 is 2.00 bits per heavy atom. The molecule has 0 radical (unpaired) electrons.